The van der Waals surface area contributed by atoms with E-state index in [1.54, 1.807) is 53.7 Å². The maximum atomic E-state index is 12.5. The lowest BCUT2D eigenvalue weighted by Gasteiger charge is -2.22. The molecule has 1 heterocycles. The second kappa shape index (κ2) is 8.04. The highest BCUT2D eigenvalue weighted by Crippen LogP contribution is 2.29. The number of alkyl carbamates (subject to hydrolysis) is 1. The van der Waals surface area contributed by atoms with Crippen molar-refractivity contribution in [3.05, 3.63) is 39.2 Å². The van der Waals surface area contributed by atoms with E-state index in [4.69, 9.17) is 13.9 Å². The lowest BCUT2D eigenvalue weighted by molar-refractivity contribution is -0.136. The van der Waals surface area contributed by atoms with Crippen molar-refractivity contribution in [2.24, 2.45) is 0 Å². The number of ether oxygens (including phenoxy) is 2. The number of hydrogen-bond acceptors (Lipinski definition) is 6. The number of esters is 1. The minimum absolute atomic E-state index is 0.272. The largest absolute Gasteiger partial charge is 0.444 e. The van der Waals surface area contributed by atoms with E-state index in [1.807, 2.05) is 6.92 Å². The molecule has 0 bridgehead atoms. The van der Waals surface area contributed by atoms with Crippen LogP contribution in [0.4, 0.5) is 4.79 Å². The number of nitrogens with one attached hydrogen (secondary N) is 1. The molecule has 0 unspecified atom stereocenters. The summed E-state index contributed by atoms with van der Waals surface area (Å²) in [5, 5.41) is 3.30. The van der Waals surface area contributed by atoms with Crippen molar-refractivity contribution in [2.45, 2.75) is 66.5 Å². The van der Waals surface area contributed by atoms with Gasteiger partial charge in [-0.3, -0.25) is 0 Å². The Morgan fingerprint density at radius 1 is 1.11 bits per heavy atom. The Labute approximate surface area is 164 Å². The summed E-state index contributed by atoms with van der Waals surface area (Å²) < 4.78 is 16.1. The zero-order chi connectivity index (χ0) is 21.2. The first kappa shape index (κ1) is 21.5. The molecule has 0 radical (unpaired) electrons. The number of amides is 1. The minimum Gasteiger partial charge on any atom is -0.444 e. The third-order valence-corrected chi connectivity index (χ3v) is 4.42. The van der Waals surface area contributed by atoms with E-state index in [9.17, 15) is 14.4 Å². The van der Waals surface area contributed by atoms with Crippen molar-refractivity contribution in [3.8, 4) is 5.75 Å². The Morgan fingerprint density at radius 3 is 2.32 bits per heavy atom. The van der Waals surface area contributed by atoms with Crippen molar-refractivity contribution < 1.29 is 23.5 Å². The van der Waals surface area contributed by atoms with Crippen molar-refractivity contribution in [2.75, 3.05) is 0 Å². The predicted molar refractivity (Wildman–Crippen MR) is 106 cm³/mol. The van der Waals surface area contributed by atoms with Crippen LogP contribution in [0.25, 0.3) is 11.0 Å². The third kappa shape index (κ3) is 4.71. The molecule has 28 heavy (non-hydrogen) atoms. The SMILES string of the molecule is CC[C@H](NC(=O)OC(C)(C)C)C(=O)Oc1ccc2c(C)c(C)c(=O)oc2c1C. The molecule has 0 aliphatic carbocycles. The number of rotatable bonds is 4. The Bertz CT molecular complexity index is 967. The van der Waals surface area contributed by atoms with E-state index in [0.717, 1.165) is 10.9 Å². The van der Waals surface area contributed by atoms with Gasteiger partial charge in [0.25, 0.3) is 0 Å². The van der Waals surface area contributed by atoms with Gasteiger partial charge >= 0.3 is 17.7 Å². The average Bonchev–Trinajstić information content (AvgIpc) is 2.59. The summed E-state index contributed by atoms with van der Waals surface area (Å²) in [6.07, 6.45) is -0.360. The number of aryl methyl sites for hydroxylation is 2. The van der Waals surface area contributed by atoms with E-state index in [2.05, 4.69) is 5.32 Å². The molecule has 1 N–H and O–H groups in total. The molecule has 0 saturated heterocycles. The number of carbonyl (C=O) groups excluding carboxylic acids is 2. The quantitative estimate of drug-likeness (QED) is 0.484. The van der Waals surface area contributed by atoms with Crippen molar-refractivity contribution in [1.29, 1.82) is 0 Å². The summed E-state index contributed by atoms with van der Waals surface area (Å²) in [5.41, 5.74) is 1.20. The van der Waals surface area contributed by atoms with Gasteiger partial charge in [0, 0.05) is 16.5 Å². The molecule has 2 rings (SSSR count). The Morgan fingerprint density at radius 2 is 1.75 bits per heavy atom. The van der Waals surface area contributed by atoms with Gasteiger partial charge in [0.1, 0.15) is 23.0 Å². The summed E-state index contributed by atoms with van der Waals surface area (Å²) in [5.74, 6) is -0.352. The second-order valence-corrected chi connectivity index (χ2v) is 7.73. The Hall–Kier alpha value is -2.83. The van der Waals surface area contributed by atoms with Crippen LogP contribution < -0.4 is 15.7 Å². The molecular formula is C21H27NO6. The number of carbonyl (C=O) groups is 2. The second-order valence-electron chi connectivity index (χ2n) is 7.73. The van der Waals surface area contributed by atoms with Gasteiger partial charge in [-0.05, 0) is 65.7 Å². The van der Waals surface area contributed by atoms with E-state index in [1.165, 1.54) is 0 Å². The fourth-order valence-electron chi connectivity index (χ4n) is 2.69. The topological polar surface area (TPSA) is 94.8 Å². The molecule has 152 valence electrons. The highest BCUT2D eigenvalue weighted by molar-refractivity contribution is 5.88. The van der Waals surface area contributed by atoms with Crippen LogP contribution in [0, 0.1) is 20.8 Å². The van der Waals surface area contributed by atoms with E-state index >= 15 is 0 Å². The summed E-state index contributed by atoms with van der Waals surface area (Å²) in [7, 11) is 0. The third-order valence-electron chi connectivity index (χ3n) is 4.42. The van der Waals surface area contributed by atoms with Gasteiger partial charge in [0.2, 0.25) is 0 Å². The number of benzene rings is 1. The van der Waals surface area contributed by atoms with Crippen LogP contribution in [-0.4, -0.2) is 23.7 Å². The zero-order valence-electron chi connectivity index (χ0n) is 17.4. The molecule has 0 saturated carbocycles. The van der Waals surface area contributed by atoms with Gasteiger partial charge in [-0.1, -0.05) is 6.92 Å². The van der Waals surface area contributed by atoms with Crippen LogP contribution in [0.3, 0.4) is 0 Å². The molecule has 1 atom stereocenters. The van der Waals surface area contributed by atoms with Gasteiger partial charge < -0.3 is 19.2 Å². The standard InChI is InChI=1S/C21H27NO6/c1-8-15(22-20(25)28-21(5,6)7)19(24)26-16-10-9-14-11(2)12(3)18(23)27-17(14)13(16)4/h9-10,15H,8H2,1-7H3,(H,22,25)/t15-/m0/s1. The lowest BCUT2D eigenvalue weighted by Crippen LogP contribution is -2.44. The molecule has 1 aromatic carbocycles. The van der Waals surface area contributed by atoms with Crippen molar-refractivity contribution >= 4 is 23.0 Å². The van der Waals surface area contributed by atoms with Gasteiger partial charge in [0.15, 0.2) is 0 Å². The van der Waals surface area contributed by atoms with Crippen LogP contribution in [0.15, 0.2) is 21.3 Å². The average molecular weight is 389 g/mol. The summed E-state index contributed by atoms with van der Waals surface area (Å²) in [6, 6.07) is 2.54. The van der Waals surface area contributed by atoms with Gasteiger partial charge in [-0.2, -0.15) is 0 Å². The molecule has 0 fully saturated rings. The first-order chi connectivity index (χ1) is 12.9. The van der Waals surface area contributed by atoms with E-state index < -0.39 is 29.3 Å². The normalized spacial score (nSPS) is 12.5. The van der Waals surface area contributed by atoms with Crippen LogP contribution in [0.2, 0.25) is 0 Å². The molecule has 7 nitrogen and oxygen atoms in total. The molecular weight excluding hydrogens is 362 g/mol. The molecule has 1 aromatic heterocycles. The number of hydrogen-bond donors (Lipinski definition) is 1. The Balaban J connectivity index is 2.26. The fraction of sp³-hybridized carbons (Fsp3) is 0.476. The first-order valence-corrected chi connectivity index (χ1v) is 9.19. The van der Waals surface area contributed by atoms with Crippen LogP contribution in [0.5, 0.6) is 5.75 Å². The molecule has 1 amide bonds. The predicted octanol–water partition coefficient (Wildman–Crippen LogP) is 3.93. The number of fused-ring (bicyclic) bond motifs is 1. The summed E-state index contributed by atoms with van der Waals surface area (Å²) in [4.78, 5) is 36.5. The van der Waals surface area contributed by atoms with Gasteiger partial charge in [-0.15, -0.1) is 0 Å². The molecule has 7 heteroatoms. The van der Waals surface area contributed by atoms with Crippen molar-refractivity contribution in [3.63, 3.8) is 0 Å². The molecule has 2 aromatic rings. The lowest BCUT2D eigenvalue weighted by atomic mass is 10.0. The highest BCUT2D eigenvalue weighted by atomic mass is 16.6. The summed E-state index contributed by atoms with van der Waals surface area (Å²) in [6.45, 7) is 12.2. The monoisotopic (exact) mass is 389 g/mol. The molecule has 0 aliphatic rings. The Kier molecular flexibility index (Phi) is 6.17. The maximum Gasteiger partial charge on any atom is 0.408 e. The van der Waals surface area contributed by atoms with E-state index in [0.29, 0.717) is 23.1 Å². The zero-order valence-corrected chi connectivity index (χ0v) is 17.4. The molecule has 0 spiro atoms. The van der Waals surface area contributed by atoms with Crippen LogP contribution in [0.1, 0.15) is 50.8 Å². The first-order valence-electron chi connectivity index (χ1n) is 9.19. The summed E-state index contributed by atoms with van der Waals surface area (Å²) >= 11 is 0. The molecule has 0 aliphatic heterocycles. The minimum atomic E-state index is -0.864. The van der Waals surface area contributed by atoms with E-state index in [-0.39, 0.29) is 5.75 Å². The van der Waals surface area contributed by atoms with Crippen molar-refractivity contribution in [1.82, 2.24) is 5.32 Å². The fourth-order valence-corrected chi connectivity index (χ4v) is 2.69. The smallest absolute Gasteiger partial charge is 0.408 e. The van der Waals surface area contributed by atoms with Gasteiger partial charge in [0.05, 0.1) is 0 Å². The van der Waals surface area contributed by atoms with Crippen LogP contribution >= 0.6 is 0 Å². The highest BCUT2D eigenvalue weighted by Gasteiger charge is 2.25. The maximum absolute atomic E-state index is 12.5. The van der Waals surface area contributed by atoms with Crippen LogP contribution in [-0.2, 0) is 9.53 Å². The van der Waals surface area contributed by atoms with Gasteiger partial charge in [-0.25, -0.2) is 14.4 Å².